The Labute approximate surface area is 182 Å². The fourth-order valence-corrected chi connectivity index (χ4v) is 2.58. The molecule has 0 fully saturated rings. The molecule has 0 amide bonds. The van der Waals surface area contributed by atoms with Crippen molar-refractivity contribution >= 4 is 17.5 Å². The minimum absolute atomic E-state index is 0.0564. The van der Waals surface area contributed by atoms with E-state index in [0.717, 1.165) is 5.56 Å². The van der Waals surface area contributed by atoms with Crippen LogP contribution in [0.5, 0.6) is 17.2 Å². The first-order chi connectivity index (χ1) is 14.6. The first-order valence-corrected chi connectivity index (χ1v) is 9.76. The predicted molar refractivity (Wildman–Crippen MR) is 115 cm³/mol. The summed E-state index contributed by atoms with van der Waals surface area (Å²) in [6.07, 6.45) is 0. The van der Waals surface area contributed by atoms with Gasteiger partial charge >= 0.3 is 5.97 Å². The summed E-state index contributed by atoms with van der Waals surface area (Å²) in [5.74, 6) is 0.453. The maximum absolute atomic E-state index is 12.3. The Morgan fingerprint density at radius 1 is 0.839 bits per heavy atom. The van der Waals surface area contributed by atoms with Crippen molar-refractivity contribution in [3.05, 3.63) is 53.1 Å². The van der Waals surface area contributed by atoms with Gasteiger partial charge in [0.2, 0.25) is 0 Å². The third-order valence-corrected chi connectivity index (χ3v) is 4.65. The van der Waals surface area contributed by atoms with Crippen molar-refractivity contribution in [2.24, 2.45) is 5.41 Å². The average molecular weight is 428 g/mol. The minimum Gasteiger partial charge on any atom is -0.496 e. The fourth-order valence-electron chi connectivity index (χ4n) is 2.58. The van der Waals surface area contributed by atoms with E-state index < -0.39 is 11.4 Å². The molecular formula is C24H28O7. The third kappa shape index (κ3) is 6.31. The number of Topliss-reactive ketones (excluding diaryl/α,β-unsaturated/α-hetero) is 2. The van der Waals surface area contributed by atoms with Crippen LogP contribution in [0.25, 0.3) is 0 Å². The zero-order chi connectivity index (χ0) is 23.2. The third-order valence-electron chi connectivity index (χ3n) is 4.65. The van der Waals surface area contributed by atoms with Gasteiger partial charge < -0.3 is 18.9 Å². The molecule has 2 aromatic carbocycles. The van der Waals surface area contributed by atoms with Crippen molar-refractivity contribution in [3.8, 4) is 17.2 Å². The summed E-state index contributed by atoms with van der Waals surface area (Å²) >= 11 is 0. The summed E-state index contributed by atoms with van der Waals surface area (Å²) in [4.78, 5) is 35.8. The van der Waals surface area contributed by atoms with Gasteiger partial charge in [-0.1, -0.05) is 32.9 Å². The van der Waals surface area contributed by atoms with E-state index in [1.165, 1.54) is 33.3 Å². The summed E-state index contributed by atoms with van der Waals surface area (Å²) in [5, 5.41) is 0. The molecule has 0 aliphatic rings. The van der Waals surface area contributed by atoms with E-state index >= 15 is 0 Å². The second-order valence-electron chi connectivity index (χ2n) is 7.99. The molecule has 0 N–H and O–H groups in total. The van der Waals surface area contributed by atoms with Crippen LogP contribution in [-0.2, 0) is 16.1 Å². The molecule has 2 rings (SSSR count). The summed E-state index contributed by atoms with van der Waals surface area (Å²) < 4.78 is 21.6. The summed E-state index contributed by atoms with van der Waals surface area (Å²) in [5.41, 5.74) is 0.957. The highest BCUT2D eigenvalue weighted by Crippen LogP contribution is 2.30. The van der Waals surface area contributed by atoms with Gasteiger partial charge in [0.1, 0.15) is 12.4 Å². The van der Waals surface area contributed by atoms with Crippen molar-refractivity contribution in [1.29, 1.82) is 0 Å². The van der Waals surface area contributed by atoms with Crippen LogP contribution in [0.3, 0.4) is 0 Å². The standard InChI is InChI=1S/C24H28O7/c1-15(25)16-7-8-18(20(11-16)28-5)13-30-19-10-9-17(12-21(19)29-6)23(27)31-14-22(26)24(2,3)4/h7-12H,13-14H2,1-6H3. The molecule has 7 heteroatoms. The van der Waals surface area contributed by atoms with Crippen LogP contribution >= 0.6 is 0 Å². The van der Waals surface area contributed by atoms with E-state index in [0.29, 0.717) is 22.8 Å². The molecule has 0 unspecified atom stereocenters. The van der Waals surface area contributed by atoms with Crippen LogP contribution in [0.4, 0.5) is 0 Å². The minimum atomic E-state index is -0.621. The number of carbonyl (C=O) groups excluding carboxylic acids is 3. The molecule has 31 heavy (non-hydrogen) atoms. The lowest BCUT2D eigenvalue weighted by Gasteiger charge is -2.16. The van der Waals surface area contributed by atoms with Gasteiger partial charge in [-0.15, -0.1) is 0 Å². The van der Waals surface area contributed by atoms with Gasteiger partial charge in [0, 0.05) is 16.5 Å². The van der Waals surface area contributed by atoms with Crippen molar-refractivity contribution in [2.45, 2.75) is 34.3 Å². The quantitative estimate of drug-likeness (QED) is 0.436. The Morgan fingerprint density at radius 3 is 2.03 bits per heavy atom. The Bertz CT molecular complexity index is 970. The zero-order valence-corrected chi connectivity index (χ0v) is 18.7. The molecule has 0 bridgehead atoms. The van der Waals surface area contributed by atoms with Crippen LogP contribution in [-0.4, -0.2) is 38.4 Å². The molecule has 0 saturated heterocycles. The van der Waals surface area contributed by atoms with Gasteiger partial charge in [-0.05, 0) is 31.2 Å². The molecular weight excluding hydrogens is 400 g/mol. The van der Waals surface area contributed by atoms with E-state index in [4.69, 9.17) is 18.9 Å². The van der Waals surface area contributed by atoms with Gasteiger partial charge in [-0.3, -0.25) is 9.59 Å². The molecule has 0 aliphatic carbocycles. The van der Waals surface area contributed by atoms with Crippen LogP contribution in [0, 0.1) is 5.41 Å². The summed E-state index contributed by atoms with van der Waals surface area (Å²) in [6, 6.07) is 9.76. The summed E-state index contributed by atoms with van der Waals surface area (Å²) in [7, 11) is 2.98. The molecule has 7 nitrogen and oxygen atoms in total. The van der Waals surface area contributed by atoms with Crippen molar-refractivity contribution in [3.63, 3.8) is 0 Å². The van der Waals surface area contributed by atoms with E-state index in [-0.39, 0.29) is 30.3 Å². The van der Waals surface area contributed by atoms with E-state index in [2.05, 4.69) is 0 Å². The van der Waals surface area contributed by atoms with Gasteiger partial charge in [-0.25, -0.2) is 4.79 Å². The number of esters is 1. The Hall–Kier alpha value is -3.35. The lowest BCUT2D eigenvalue weighted by atomic mass is 9.91. The lowest BCUT2D eigenvalue weighted by molar-refractivity contribution is -0.129. The average Bonchev–Trinajstić information content (AvgIpc) is 2.74. The number of hydrogen-bond donors (Lipinski definition) is 0. The second-order valence-corrected chi connectivity index (χ2v) is 7.99. The number of methoxy groups -OCH3 is 2. The van der Waals surface area contributed by atoms with Gasteiger partial charge in [0.05, 0.1) is 19.8 Å². The molecule has 0 spiro atoms. The van der Waals surface area contributed by atoms with Gasteiger partial charge in [0.15, 0.2) is 29.7 Å². The Balaban J connectivity index is 2.11. The molecule has 0 atom stereocenters. The highest BCUT2D eigenvalue weighted by Gasteiger charge is 2.23. The van der Waals surface area contributed by atoms with Crippen molar-refractivity contribution in [2.75, 3.05) is 20.8 Å². The lowest BCUT2D eigenvalue weighted by Crippen LogP contribution is -2.26. The number of carbonyl (C=O) groups is 3. The highest BCUT2D eigenvalue weighted by molar-refractivity contribution is 5.94. The Morgan fingerprint density at radius 2 is 1.45 bits per heavy atom. The first-order valence-electron chi connectivity index (χ1n) is 9.76. The van der Waals surface area contributed by atoms with E-state index in [1.807, 2.05) is 0 Å². The number of benzene rings is 2. The van der Waals surface area contributed by atoms with E-state index in [9.17, 15) is 14.4 Å². The Kier molecular flexibility index (Phi) is 7.80. The van der Waals surface area contributed by atoms with Crippen LogP contribution in [0.1, 0.15) is 54.0 Å². The number of rotatable bonds is 9. The monoisotopic (exact) mass is 428 g/mol. The van der Waals surface area contributed by atoms with Crippen LogP contribution in [0.2, 0.25) is 0 Å². The topological polar surface area (TPSA) is 88.1 Å². The van der Waals surface area contributed by atoms with Crippen molar-refractivity contribution in [1.82, 2.24) is 0 Å². The molecule has 0 aliphatic heterocycles. The number of ketones is 2. The van der Waals surface area contributed by atoms with Crippen LogP contribution in [0.15, 0.2) is 36.4 Å². The number of hydrogen-bond acceptors (Lipinski definition) is 7. The van der Waals surface area contributed by atoms with E-state index in [1.54, 1.807) is 45.0 Å². The SMILES string of the molecule is COc1cc(C(C)=O)ccc1COc1ccc(C(=O)OCC(=O)C(C)(C)C)cc1OC. The smallest absolute Gasteiger partial charge is 0.338 e. The molecule has 0 saturated carbocycles. The largest absolute Gasteiger partial charge is 0.496 e. The van der Waals surface area contributed by atoms with Gasteiger partial charge in [-0.2, -0.15) is 0 Å². The molecule has 2 aromatic rings. The normalized spacial score (nSPS) is 10.9. The molecule has 0 aromatic heterocycles. The predicted octanol–water partition coefficient (Wildman–Crippen LogP) is 4.26. The van der Waals surface area contributed by atoms with Crippen LogP contribution < -0.4 is 14.2 Å². The van der Waals surface area contributed by atoms with Crippen molar-refractivity contribution < 1.29 is 33.3 Å². The highest BCUT2D eigenvalue weighted by atomic mass is 16.5. The maximum Gasteiger partial charge on any atom is 0.338 e. The fraction of sp³-hybridized carbons (Fsp3) is 0.375. The van der Waals surface area contributed by atoms with Gasteiger partial charge in [0.25, 0.3) is 0 Å². The number of ether oxygens (including phenoxy) is 4. The summed E-state index contributed by atoms with van der Waals surface area (Å²) in [6.45, 7) is 6.66. The molecule has 0 heterocycles. The maximum atomic E-state index is 12.3. The zero-order valence-electron chi connectivity index (χ0n) is 18.7. The first kappa shape index (κ1) is 23.9. The molecule has 166 valence electrons. The molecule has 0 radical (unpaired) electrons. The second kappa shape index (κ2) is 10.1.